The molecule has 0 saturated heterocycles. The van der Waals surface area contributed by atoms with Gasteiger partial charge in [0.1, 0.15) is 0 Å². The molecule has 0 aliphatic carbocycles. The Morgan fingerprint density at radius 3 is 3.15 bits per heavy atom. The summed E-state index contributed by atoms with van der Waals surface area (Å²) in [5.74, 6) is 1.51. The number of anilines is 2. The summed E-state index contributed by atoms with van der Waals surface area (Å²) >= 11 is 0. The van der Waals surface area contributed by atoms with Gasteiger partial charge in [-0.15, -0.1) is 0 Å². The minimum absolute atomic E-state index is 0.700. The normalized spacial score (nSPS) is 14.6. The lowest BCUT2D eigenvalue weighted by Crippen LogP contribution is -2.23. The molecule has 0 atom stereocenters. The Balaban J connectivity index is 1.79. The number of nitrogens with one attached hydrogen (secondary N) is 1. The van der Waals surface area contributed by atoms with E-state index >= 15 is 0 Å². The standard InChI is InChI=1S/C15H20N4O/c1-2-6-15-17-14(18-20-15)11-19-10-5-9-16-12-7-3-4-8-13(12)19/h3-4,7-8,16H,2,5-6,9-11H2,1H3. The van der Waals surface area contributed by atoms with Crippen LogP contribution in [-0.4, -0.2) is 23.2 Å². The van der Waals surface area contributed by atoms with E-state index in [1.807, 2.05) is 0 Å². The Bertz CT molecular complexity index is 567. The summed E-state index contributed by atoms with van der Waals surface area (Å²) < 4.78 is 5.26. The molecule has 2 heterocycles. The summed E-state index contributed by atoms with van der Waals surface area (Å²) in [6.07, 6.45) is 2.98. The molecule has 5 heteroatoms. The van der Waals surface area contributed by atoms with Crippen molar-refractivity contribution in [2.75, 3.05) is 23.3 Å². The second-order valence-corrected chi connectivity index (χ2v) is 5.07. The van der Waals surface area contributed by atoms with Gasteiger partial charge in [-0.2, -0.15) is 4.98 Å². The van der Waals surface area contributed by atoms with Gasteiger partial charge in [-0.3, -0.25) is 0 Å². The molecule has 0 bridgehead atoms. The van der Waals surface area contributed by atoms with E-state index in [-0.39, 0.29) is 0 Å². The Morgan fingerprint density at radius 1 is 1.35 bits per heavy atom. The van der Waals surface area contributed by atoms with Crippen LogP contribution in [0, 0.1) is 0 Å². The van der Waals surface area contributed by atoms with Crippen LogP contribution >= 0.6 is 0 Å². The second kappa shape index (κ2) is 5.94. The van der Waals surface area contributed by atoms with Crippen molar-refractivity contribution in [2.45, 2.75) is 32.7 Å². The second-order valence-electron chi connectivity index (χ2n) is 5.07. The molecule has 1 aromatic carbocycles. The van der Waals surface area contributed by atoms with Gasteiger partial charge >= 0.3 is 0 Å². The lowest BCUT2D eigenvalue weighted by Gasteiger charge is -2.22. The van der Waals surface area contributed by atoms with E-state index in [0.29, 0.717) is 6.54 Å². The fraction of sp³-hybridized carbons (Fsp3) is 0.467. The third-order valence-corrected chi connectivity index (χ3v) is 3.47. The number of fused-ring (bicyclic) bond motifs is 1. The molecule has 0 saturated carbocycles. The van der Waals surface area contributed by atoms with Crippen LogP contribution < -0.4 is 10.2 Å². The van der Waals surface area contributed by atoms with Crippen molar-refractivity contribution in [1.29, 1.82) is 0 Å². The molecule has 1 aromatic heterocycles. The molecule has 0 spiro atoms. The van der Waals surface area contributed by atoms with Gasteiger partial charge in [-0.05, 0) is 25.0 Å². The third-order valence-electron chi connectivity index (χ3n) is 3.47. The maximum atomic E-state index is 5.26. The number of aryl methyl sites for hydroxylation is 1. The van der Waals surface area contributed by atoms with Crippen molar-refractivity contribution in [3.05, 3.63) is 36.0 Å². The van der Waals surface area contributed by atoms with Crippen molar-refractivity contribution in [1.82, 2.24) is 10.1 Å². The average Bonchev–Trinajstić information content (AvgIpc) is 2.80. The van der Waals surface area contributed by atoms with Gasteiger partial charge in [0.05, 0.1) is 17.9 Å². The zero-order valence-electron chi connectivity index (χ0n) is 11.8. The molecule has 3 rings (SSSR count). The zero-order chi connectivity index (χ0) is 13.8. The number of nitrogens with zero attached hydrogens (tertiary/aromatic N) is 3. The lowest BCUT2D eigenvalue weighted by atomic mass is 10.2. The lowest BCUT2D eigenvalue weighted by molar-refractivity contribution is 0.371. The molecule has 0 radical (unpaired) electrons. The predicted molar refractivity (Wildman–Crippen MR) is 78.9 cm³/mol. The monoisotopic (exact) mass is 272 g/mol. The molecule has 1 aliphatic rings. The molecule has 1 N–H and O–H groups in total. The first-order chi connectivity index (χ1) is 9.86. The van der Waals surface area contributed by atoms with Gasteiger partial charge < -0.3 is 14.7 Å². The van der Waals surface area contributed by atoms with E-state index in [0.717, 1.165) is 44.1 Å². The number of hydrogen-bond donors (Lipinski definition) is 1. The highest BCUT2D eigenvalue weighted by Crippen LogP contribution is 2.28. The first kappa shape index (κ1) is 13.0. The van der Waals surface area contributed by atoms with E-state index in [1.165, 1.54) is 11.4 Å². The largest absolute Gasteiger partial charge is 0.383 e. The zero-order valence-corrected chi connectivity index (χ0v) is 11.8. The quantitative estimate of drug-likeness (QED) is 0.927. The smallest absolute Gasteiger partial charge is 0.226 e. The minimum Gasteiger partial charge on any atom is -0.383 e. The van der Waals surface area contributed by atoms with Crippen LogP contribution in [-0.2, 0) is 13.0 Å². The summed E-state index contributed by atoms with van der Waals surface area (Å²) in [5.41, 5.74) is 2.40. The van der Waals surface area contributed by atoms with Crippen molar-refractivity contribution in [3.8, 4) is 0 Å². The summed E-state index contributed by atoms with van der Waals surface area (Å²) in [5, 5.41) is 7.54. The molecule has 1 aliphatic heterocycles. The number of hydrogen-bond acceptors (Lipinski definition) is 5. The molecule has 2 aromatic rings. The molecule has 0 fully saturated rings. The van der Waals surface area contributed by atoms with Crippen molar-refractivity contribution < 1.29 is 4.52 Å². The van der Waals surface area contributed by atoms with E-state index < -0.39 is 0 Å². The van der Waals surface area contributed by atoms with E-state index in [4.69, 9.17) is 4.52 Å². The van der Waals surface area contributed by atoms with Crippen LogP contribution in [0.4, 0.5) is 11.4 Å². The first-order valence-corrected chi connectivity index (χ1v) is 7.26. The van der Waals surface area contributed by atoms with E-state index in [1.54, 1.807) is 0 Å². The van der Waals surface area contributed by atoms with Crippen molar-refractivity contribution in [3.63, 3.8) is 0 Å². The molecule has 106 valence electrons. The molecular weight excluding hydrogens is 252 g/mol. The Hall–Kier alpha value is -2.04. The average molecular weight is 272 g/mol. The molecule has 5 nitrogen and oxygen atoms in total. The van der Waals surface area contributed by atoms with Gasteiger partial charge in [0, 0.05) is 19.5 Å². The number of para-hydroxylation sites is 2. The van der Waals surface area contributed by atoms with Gasteiger partial charge in [0.25, 0.3) is 0 Å². The van der Waals surface area contributed by atoms with Crippen LogP contribution in [0.5, 0.6) is 0 Å². The Labute approximate surface area is 119 Å². The topological polar surface area (TPSA) is 54.2 Å². The van der Waals surface area contributed by atoms with Crippen LogP contribution in [0.3, 0.4) is 0 Å². The van der Waals surface area contributed by atoms with E-state index in [9.17, 15) is 0 Å². The van der Waals surface area contributed by atoms with Crippen molar-refractivity contribution >= 4 is 11.4 Å². The fourth-order valence-electron chi connectivity index (χ4n) is 2.52. The van der Waals surface area contributed by atoms with Gasteiger partial charge in [0.2, 0.25) is 5.89 Å². The van der Waals surface area contributed by atoms with Crippen LogP contribution in [0.2, 0.25) is 0 Å². The molecule has 0 unspecified atom stereocenters. The third kappa shape index (κ3) is 2.76. The summed E-state index contributed by atoms with van der Waals surface area (Å²) in [7, 11) is 0. The van der Waals surface area contributed by atoms with E-state index in [2.05, 4.69) is 51.5 Å². The highest BCUT2D eigenvalue weighted by Gasteiger charge is 2.17. The van der Waals surface area contributed by atoms with Crippen LogP contribution in [0.1, 0.15) is 31.5 Å². The predicted octanol–water partition coefficient (Wildman–Crippen LogP) is 2.84. The van der Waals surface area contributed by atoms with Gasteiger partial charge in [0.15, 0.2) is 5.82 Å². The minimum atomic E-state index is 0.700. The summed E-state index contributed by atoms with van der Waals surface area (Å²) in [6, 6.07) is 8.38. The van der Waals surface area contributed by atoms with Crippen LogP contribution in [0.15, 0.2) is 28.8 Å². The van der Waals surface area contributed by atoms with Crippen molar-refractivity contribution in [2.24, 2.45) is 0 Å². The molecule has 20 heavy (non-hydrogen) atoms. The van der Waals surface area contributed by atoms with Gasteiger partial charge in [-0.25, -0.2) is 0 Å². The summed E-state index contributed by atoms with van der Waals surface area (Å²) in [4.78, 5) is 6.77. The first-order valence-electron chi connectivity index (χ1n) is 7.26. The number of benzene rings is 1. The number of rotatable bonds is 4. The molecular formula is C15H20N4O. The SMILES string of the molecule is CCCc1nc(CN2CCCNc3ccccc32)no1. The summed E-state index contributed by atoms with van der Waals surface area (Å²) in [6.45, 7) is 4.81. The van der Waals surface area contributed by atoms with Gasteiger partial charge in [-0.1, -0.05) is 24.2 Å². The Morgan fingerprint density at radius 2 is 2.25 bits per heavy atom. The Kier molecular flexibility index (Phi) is 3.85. The fourth-order valence-corrected chi connectivity index (χ4v) is 2.52. The maximum absolute atomic E-state index is 5.26. The highest BCUT2D eigenvalue weighted by atomic mass is 16.5. The highest BCUT2D eigenvalue weighted by molar-refractivity contribution is 5.70. The van der Waals surface area contributed by atoms with Crippen LogP contribution in [0.25, 0.3) is 0 Å². The molecule has 0 amide bonds. The maximum Gasteiger partial charge on any atom is 0.226 e. The number of aromatic nitrogens is 2.